The summed E-state index contributed by atoms with van der Waals surface area (Å²) in [6, 6.07) is 12.1. The fraction of sp³-hybridized carbons (Fsp3) is 0.0667. The SMILES string of the molecule is Cc1cccc2nc(-c3ccccc3F)nc(Cl)c12. The molecule has 0 saturated heterocycles. The Kier molecular flexibility index (Phi) is 2.91. The van der Waals surface area contributed by atoms with Crippen molar-refractivity contribution in [3.63, 3.8) is 0 Å². The van der Waals surface area contributed by atoms with Crippen LogP contribution in [0.2, 0.25) is 5.15 Å². The summed E-state index contributed by atoms with van der Waals surface area (Å²) in [7, 11) is 0. The molecule has 1 aromatic heterocycles. The third kappa shape index (κ3) is 2.06. The Morgan fingerprint density at radius 3 is 2.58 bits per heavy atom. The van der Waals surface area contributed by atoms with E-state index < -0.39 is 0 Å². The standard InChI is InChI=1S/C15H10ClFN2/c1-9-5-4-8-12-13(9)14(16)19-15(18-12)10-6-2-3-7-11(10)17/h2-8H,1H3. The molecule has 0 amide bonds. The molecule has 2 nitrogen and oxygen atoms in total. The van der Waals surface area contributed by atoms with Crippen molar-refractivity contribution < 1.29 is 4.39 Å². The summed E-state index contributed by atoms with van der Waals surface area (Å²) < 4.78 is 13.8. The summed E-state index contributed by atoms with van der Waals surface area (Å²) in [5.41, 5.74) is 2.08. The molecule has 1 heterocycles. The third-order valence-electron chi connectivity index (χ3n) is 3.00. The Bertz CT molecular complexity index is 771. The zero-order chi connectivity index (χ0) is 13.4. The molecule has 0 aliphatic carbocycles. The molecule has 94 valence electrons. The summed E-state index contributed by atoms with van der Waals surface area (Å²) in [6.07, 6.45) is 0. The maximum Gasteiger partial charge on any atom is 0.164 e. The summed E-state index contributed by atoms with van der Waals surface area (Å²) in [4.78, 5) is 8.60. The Hall–Kier alpha value is -2.00. The average Bonchev–Trinajstić information content (AvgIpc) is 2.39. The molecule has 0 aliphatic rings. The zero-order valence-electron chi connectivity index (χ0n) is 10.2. The van der Waals surface area contributed by atoms with E-state index in [1.54, 1.807) is 18.2 Å². The number of hydrogen-bond acceptors (Lipinski definition) is 2. The van der Waals surface area contributed by atoms with Crippen LogP contribution in [0.3, 0.4) is 0 Å². The highest BCUT2D eigenvalue weighted by atomic mass is 35.5. The van der Waals surface area contributed by atoms with Crippen LogP contribution in [0.5, 0.6) is 0 Å². The van der Waals surface area contributed by atoms with Gasteiger partial charge in [0.1, 0.15) is 11.0 Å². The number of aromatic nitrogens is 2. The first-order valence-corrected chi connectivity index (χ1v) is 6.22. The van der Waals surface area contributed by atoms with Gasteiger partial charge in [0.2, 0.25) is 0 Å². The average molecular weight is 273 g/mol. The molecule has 19 heavy (non-hydrogen) atoms. The van der Waals surface area contributed by atoms with Crippen molar-refractivity contribution in [1.82, 2.24) is 9.97 Å². The minimum atomic E-state index is -0.356. The van der Waals surface area contributed by atoms with Gasteiger partial charge >= 0.3 is 0 Å². The summed E-state index contributed by atoms with van der Waals surface area (Å²) in [6.45, 7) is 1.94. The summed E-state index contributed by atoms with van der Waals surface area (Å²) >= 11 is 6.20. The van der Waals surface area contributed by atoms with E-state index in [1.807, 2.05) is 25.1 Å². The number of halogens is 2. The minimum absolute atomic E-state index is 0.307. The highest BCUT2D eigenvalue weighted by molar-refractivity contribution is 6.34. The highest BCUT2D eigenvalue weighted by Gasteiger charge is 2.12. The van der Waals surface area contributed by atoms with E-state index in [0.29, 0.717) is 16.5 Å². The monoisotopic (exact) mass is 272 g/mol. The Morgan fingerprint density at radius 2 is 1.79 bits per heavy atom. The first kappa shape index (κ1) is 12.1. The number of benzene rings is 2. The molecule has 2 aromatic carbocycles. The van der Waals surface area contributed by atoms with Crippen molar-refractivity contribution in [2.45, 2.75) is 6.92 Å². The van der Waals surface area contributed by atoms with Gasteiger partial charge in [-0.2, -0.15) is 0 Å². The van der Waals surface area contributed by atoms with E-state index in [1.165, 1.54) is 6.07 Å². The number of nitrogens with zero attached hydrogens (tertiary/aromatic N) is 2. The molecule has 0 unspecified atom stereocenters. The molecule has 3 aromatic rings. The van der Waals surface area contributed by atoms with Gasteiger partial charge in [0.25, 0.3) is 0 Å². The van der Waals surface area contributed by atoms with Crippen molar-refractivity contribution in [1.29, 1.82) is 0 Å². The number of hydrogen-bond donors (Lipinski definition) is 0. The van der Waals surface area contributed by atoms with Gasteiger partial charge in [0, 0.05) is 5.39 Å². The van der Waals surface area contributed by atoms with Crippen LogP contribution >= 0.6 is 11.6 Å². The lowest BCUT2D eigenvalue weighted by Crippen LogP contribution is -1.95. The summed E-state index contributed by atoms with van der Waals surface area (Å²) in [5.74, 6) is -0.0493. The van der Waals surface area contributed by atoms with Crippen LogP contribution in [0.15, 0.2) is 42.5 Å². The van der Waals surface area contributed by atoms with Gasteiger partial charge in [0.05, 0.1) is 11.1 Å². The molecular weight excluding hydrogens is 263 g/mol. The molecule has 0 radical (unpaired) electrons. The molecule has 3 rings (SSSR count). The van der Waals surface area contributed by atoms with Crippen LogP contribution in [0, 0.1) is 12.7 Å². The van der Waals surface area contributed by atoms with E-state index in [9.17, 15) is 4.39 Å². The second kappa shape index (κ2) is 4.59. The van der Waals surface area contributed by atoms with Gasteiger partial charge in [-0.05, 0) is 30.7 Å². The second-order valence-electron chi connectivity index (χ2n) is 4.29. The van der Waals surface area contributed by atoms with Crippen LogP contribution in [-0.4, -0.2) is 9.97 Å². The highest BCUT2D eigenvalue weighted by Crippen LogP contribution is 2.28. The predicted molar refractivity (Wildman–Crippen MR) is 74.7 cm³/mol. The van der Waals surface area contributed by atoms with E-state index in [0.717, 1.165) is 16.5 Å². The molecule has 0 spiro atoms. The quantitative estimate of drug-likeness (QED) is 0.614. The Morgan fingerprint density at radius 1 is 1.00 bits per heavy atom. The first-order valence-electron chi connectivity index (χ1n) is 5.84. The lowest BCUT2D eigenvalue weighted by molar-refractivity contribution is 0.630. The van der Waals surface area contributed by atoms with Crippen LogP contribution in [-0.2, 0) is 0 Å². The lowest BCUT2D eigenvalue weighted by Gasteiger charge is -2.07. The predicted octanol–water partition coefficient (Wildman–Crippen LogP) is 4.40. The maximum absolute atomic E-state index is 13.8. The fourth-order valence-electron chi connectivity index (χ4n) is 2.06. The largest absolute Gasteiger partial charge is 0.228 e. The van der Waals surface area contributed by atoms with Crippen molar-refractivity contribution in [3.05, 3.63) is 59.0 Å². The van der Waals surface area contributed by atoms with Crippen molar-refractivity contribution >= 4 is 22.5 Å². The Balaban J connectivity index is 2.31. The van der Waals surface area contributed by atoms with E-state index in [-0.39, 0.29) is 5.82 Å². The van der Waals surface area contributed by atoms with Crippen LogP contribution in [0.1, 0.15) is 5.56 Å². The molecule has 0 atom stereocenters. The molecule has 0 fully saturated rings. The van der Waals surface area contributed by atoms with Crippen LogP contribution in [0.4, 0.5) is 4.39 Å². The molecular formula is C15H10ClFN2. The number of rotatable bonds is 1. The van der Waals surface area contributed by atoms with Gasteiger partial charge in [-0.1, -0.05) is 35.9 Å². The van der Waals surface area contributed by atoms with Crippen LogP contribution in [0.25, 0.3) is 22.3 Å². The van der Waals surface area contributed by atoms with Gasteiger partial charge < -0.3 is 0 Å². The lowest BCUT2D eigenvalue weighted by atomic mass is 10.1. The topological polar surface area (TPSA) is 25.8 Å². The van der Waals surface area contributed by atoms with Gasteiger partial charge in [0.15, 0.2) is 5.82 Å². The second-order valence-corrected chi connectivity index (χ2v) is 4.64. The summed E-state index contributed by atoms with van der Waals surface area (Å²) in [5, 5.41) is 1.16. The molecule has 0 N–H and O–H groups in total. The normalized spacial score (nSPS) is 10.9. The minimum Gasteiger partial charge on any atom is -0.228 e. The molecule has 0 aliphatic heterocycles. The maximum atomic E-state index is 13.8. The molecule has 0 saturated carbocycles. The van der Waals surface area contributed by atoms with Crippen molar-refractivity contribution in [3.8, 4) is 11.4 Å². The van der Waals surface area contributed by atoms with E-state index >= 15 is 0 Å². The first-order chi connectivity index (χ1) is 9.16. The van der Waals surface area contributed by atoms with E-state index in [2.05, 4.69) is 9.97 Å². The van der Waals surface area contributed by atoms with Gasteiger partial charge in [-0.3, -0.25) is 0 Å². The molecule has 4 heteroatoms. The molecule has 0 bridgehead atoms. The fourth-order valence-corrected chi connectivity index (χ4v) is 2.39. The van der Waals surface area contributed by atoms with Crippen molar-refractivity contribution in [2.75, 3.05) is 0 Å². The van der Waals surface area contributed by atoms with Gasteiger partial charge in [-0.25, -0.2) is 14.4 Å². The third-order valence-corrected chi connectivity index (χ3v) is 3.28. The number of fused-ring (bicyclic) bond motifs is 1. The Labute approximate surface area is 114 Å². The zero-order valence-corrected chi connectivity index (χ0v) is 10.9. The smallest absolute Gasteiger partial charge is 0.164 e. The van der Waals surface area contributed by atoms with E-state index in [4.69, 9.17) is 11.6 Å². The van der Waals surface area contributed by atoms with Crippen molar-refractivity contribution in [2.24, 2.45) is 0 Å². The number of aryl methyl sites for hydroxylation is 1. The van der Waals surface area contributed by atoms with Crippen LogP contribution < -0.4 is 0 Å². The van der Waals surface area contributed by atoms with Gasteiger partial charge in [-0.15, -0.1) is 0 Å².